The summed E-state index contributed by atoms with van der Waals surface area (Å²) in [6.07, 6.45) is 8.13. The zero-order valence-electron chi connectivity index (χ0n) is 17.9. The summed E-state index contributed by atoms with van der Waals surface area (Å²) in [5.41, 5.74) is 2.06. The molecule has 3 heterocycles. The largest absolute Gasteiger partial charge is 0.370 e. The van der Waals surface area contributed by atoms with Crippen molar-refractivity contribution in [1.29, 1.82) is 0 Å². The van der Waals surface area contributed by atoms with Gasteiger partial charge in [-0.3, -0.25) is 14.6 Å². The first-order valence-electron chi connectivity index (χ1n) is 11.5. The Bertz CT molecular complexity index is 990. The molecule has 1 aliphatic carbocycles. The molecule has 2 saturated heterocycles. The van der Waals surface area contributed by atoms with Crippen LogP contribution in [0, 0.1) is 11.7 Å². The fraction of sp³-hybridized carbons (Fsp3) is 0.542. The monoisotopic (exact) mass is 424 g/mol. The third kappa shape index (κ3) is 4.10. The molecule has 31 heavy (non-hydrogen) atoms. The first kappa shape index (κ1) is 20.2. The van der Waals surface area contributed by atoms with E-state index >= 15 is 0 Å². The number of rotatable bonds is 3. The van der Waals surface area contributed by atoms with Crippen molar-refractivity contribution in [3.8, 4) is 0 Å². The van der Waals surface area contributed by atoms with E-state index in [9.17, 15) is 14.0 Å². The maximum atomic E-state index is 14.2. The zero-order chi connectivity index (χ0) is 21.4. The zero-order valence-corrected chi connectivity index (χ0v) is 17.9. The summed E-state index contributed by atoms with van der Waals surface area (Å²) in [4.78, 5) is 36.4. The van der Waals surface area contributed by atoms with Crippen LogP contribution in [0.1, 0.15) is 48.9 Å². The van der Waals surface area contributed by atoms with E-state index in [1.165, 1.54) is 25.0 Å². The second kappa shape index (κ2) is 8.44. The van der Waals surface area contributed by atoms with Crippen molar-refractivity contribution in [1.82, 2.24) is 14.8 Å². The highest BCUT2D eigenvalue weighted by Crippen LogP contribution is 2.34. The molecule has 0 atom stereocenters. The summed E-state index contributed by atoms with van der Waals surface area (Å²) in [5.74, 6) is 0.0512. The molecule has 0 spiro atoms. The Balaban J connectivity index is 1.45. The van der Waals surface area contributed by atoms with Crippen molar-refractivity contribution < 1.29 is 14.0 Å². The number of carbonyl (C=O) groups excluding carboxylic acids is 2. The molecule has 3 fully saturated rings. The second-order valence-electron chi connectivity index (χ2n) is 8.97. The van der Waals surface area contributed by atoms with E-state index < -0.39 is 0 Å². The number of piperazine rings is 1. The van der Waals surface area contributed by atoms with Gasteiger partial charge in [-0.15, -0.1) is 0 Å². The molecule has 0 N–H and O–H groups in total. The summed E-state index contributed by atoms with van der Waals surface area (Å²) >= 11 is 0. The Labute approximate surface area is 182 Å². The lowest BCUT2D eigenvalue weighted by Gasteiger charge is -2.36. The summed E-state index contributed by atoms with van der Waals surface area (Å²) in [6.45, 7) is 3.93. The van der Waals surface area contributed by atoms with E-state index in [1.807, 2.05) is 9.80 Å². The average Bonchev–Trinajstić information content (AvgIpc) is 3.65. The van der Waals surface area contributed by atoms with Crippen molar-refractivity contribution in [2.24, 2.45) is 5.92 Å². The highest BCUT2D eigenvalue weighted by atomic mass is 19.1. The van der Waals surface area contributed by atoms with Crippen molar-refractivity contribution in [2.45, 2.75) is 38.5 Å². The molecule has 1 saturated carbocycles. The molecule has 2 amide bonds. The van der Waals surface area contributed by atoms with Gasteiger partial charge in [-0.2, -0.15) is 0 Å². The van der Waals surface area contributed by atoms with Crippen molar-refractivity contribution in [3.63, 3.8) is 0 Å². The fourth-order valence-corrected chi connectivity index (χ4v) is 4.83. The molecule has 3 aliphatic rings. The molecular formula is C24H29FN4O2. The normalized spacial score (nSPS) is 20.1. The molecule has 5 rings (SSSR count). The fourth-order valence-electron chi connectivity index (χ4n) is 4.83. The lowest BCUT2D eigenvalue weighted by molar-refractivity contribution is -0.134. The summed E-state index contributed by atoms with van der Waals surface area (Å²) in [7, 11) is 0. The smallest absolute Gasteiger partial charge is 0.257 e. The van der Waals surface area contributed by atoms with Gasteiger partial charge in [0.2, 0.25) is 5.91 Å². The van der Waals surface area contributed by atoms with Gasteiger partial charge in [0.25, 0.3) is 5.91 Å². The highest BCUT2D eigenvalue weighted by molar-refractivity contribution is 6.07. The van der Waals surface area contributed by atoms with E-state index in [4.69, 9.17) is 0 Å². The lowest BCUT2D eigenvalue weighted by Crippen LogP contribution is -2.51. The van der Waals surface area contributed by atoms with Crippen LogP contribution in [0.15, 0.2) is 24.4 Å². The number of hydrogen-bond donors (Lipinski definition) is 0. The maximum Gasteiger partial charge on any atom is 0.257 e. The van der Waals surface area contributed by atoms with Gasteiger partial charge in [-0.1, -0.05) is 12.8 Å². The molecule has 164 valence electrons. The Hall–Kier alpha value is -2.70. The number of benzene rings is 1. The molecule has 0 bridgehead atoms. The topological polar surface area (TPSA) is 56.8 Å². The first-order valence-corrected chi connectivity index (χ1v) is 11.5. The second-order valence-corrected chi connectivity index (χ2v) is 8.97. The SMILES string of the molecule is O=C(c1cnc2ccc(F)cc2c1N1CCCCCC1)N1CCN(C(=O)C2CC2)CC1. The van der Waals surface area contributed by atoms with Crippen molar-refractivity contribution in [3.05, 3.63) is 35.8 Å². The first-order chi connectivity index (χ1) is 15.1. The quantitative estimate of drug-likeness (QED) is 0.757. The maximum absolute atomic E-state index is 14.2. The van der Waals surface area contributed by atoms with Crippen LogP contribution in [0.3, 0.4) is 0 Å². The molecule has 2 aliphatic heterocycles. The van der Waals surface area contributed by atoms with Crippen LogP contribution >= 0.6 is 0 Å². The van der Waals surface area contributed by atoms with E-state index in [0.717, 1.165) is 44.5 Å². The number of amides is 2. The van der Waals surface area contributed by atoms with Gasteiger partial charge in [-0.25, -0.2) is 4.39 Å². The molecule has 0 unspecified atom stereocenters. The Morgan fingerprint density at radius 2 is 1.58 bits per heavy atom. The van der Waals surface area contributed by atoms with Gasteiger partial charge >= 0.3 is 0 Å². The minimum absolute atomic E-state index is 0.0728. The number of anilines is 1. The lowest BCUT2D eigenvalue weighted by atomic mass is 10.1. The number of carbonyl (C=O) groups is 2. The van der Waals surface area contributed by atoms with Gasteiger partial charge in [-0.05, 0) is 43.9 Å². The number of nitrogens with zero attached hydrogens (tertiary/aromatic N) is 4. The average molecular weight is 425 g/mol. The van der Waals surface area contributed by atoms with E-state index in [1.54, 1.807) is 12.3 Å². The van der Waals surface area contributed by atoms with Crippen LogP contribution in [-0.2, 0) is 4.79 Å². The van der Waals surface area contributed by atoms with Gasteiger partial charge in [0.15, 0.2) is 0 Å². The molecule has 1 aromatic heterocycles. The third-order valence-corrected chi connectivity index (χ3v) is 6.76. The van der Waals surface area contributed by atoms with Gasteiger partial charge in [0, 0.05) is 56.8 Å². The van der Waals surface area contributed by atoms with Gasteiger partial charge in [0.05, 0.1) is 16.8 Å². The molecule has 6 nitrogen and oxygen atoms in total. The Morgan fingerprint density at radius 3 is 2.26 bits per heavy atom. The van der Waals surface area contributed by atoms with E-state index in [2.05, 4.69) is 9.88 Å². The number of fused-ring (bicyclic) bond motifs is 1. The molecule has 7 heteroatoms. The van der Waals surface area contributed by atoms with Crippen LogP contribution in [0.25, 0.3) is 10.9 Å². The van der Waals surface area contributed by atoms with Gasteiger partial charge < -0.3 is 14.7 Å². The highest BCUT2D eigenvalue weighted by Gasteiger charge is 2.35. The molecular weight excluding hydrogens is 395 g/mol. The summed E-state index contributed by atoms with van der Waals surface area (Å²) in [6, 6.07) is 4.60. The van der Waals surface area contributed by atoms with Crippen LogP contribution < -0.4 is 4.90 Å². The minimum atomic E-state index is -0.317. The van der Waals surface area contributed by atoms with Crippen molar-refractivity contribution in [2.75, 3.05) is 44.2 Å². The number of aromatic nitrogens is 1. The van der Waals surface area contributed by atoms with Gasteiger partial charge in [0.1, 0.15) is 5.82 Å². The van der Waals surface area contributed by atoms with E-state index in [-0.39, 0.29) is 23.5 Å². The number of halogens is 1. The Kier molecular flexibility index (Phi) is 5.50. The van der Waals surface area contributed by atoms with Crippen LogP contribution in [0.5, 0.6) is 0 Å². The van der Waals surface area contributed by atoms with E-state index in [0.29, 0.717) is 42.6 Å². The van der Waals surface area contributed by atoms with Crippen LogP contribution in [0.2, 0.25) is 0 Å². The third-order valence-electron chi connectivity index (χ3n) is 6.76. The predicted octanol–water partition coefficient (Wildman–Crippen LogP) is 3.45. The predicted molar refractivity (Wildman–Crippen MR) is 118 cm³/mol. The van der Waals surface area contributed by atoms with Crippen molar-refractivity contribution >= 4 is 28.4 Å². The summed E-state index contributed by atoms with van der Waals surface area (Å²) in [5, 5.41) is 0.704. The van der Waals surface area contributed by atoms with Crippen LogP contribution in [0.4, 0.5) is 10.1 Å². The molecule has 2 aromatic rings. The standard InChI is InChI=1S/C24H29FN4O2/c25-18-7-8-21-19(15-18)22(27-9-3-1-2-4-10-27)20(16-26-21)24(31)29-13-11-28(12-14-29)23(30)17-5-6-17/h7-8,15-17H,1-6,9-14H2. The minimum Gasteiger partial charge on any atom is -0.370 e. The Morgan fingerprint density at radius 1 is 0.903 bits per heavy atom. The molecule has 1 aromatic carbocycles. The number of hydrogen-bond acceptors (Lipinski definition) is 4. The number of pyridine rings is 1. The summed E-state index contributed by atoms with van der Waals surface area (Å²) < 4.78 is 14.2. The van der Waals surface area contributed by atoms with Crippen LogP contribution in [-0.4, -0.2) is 65.9 Å². The molecule has 0 radical (unpaired) electrons.